The summed E-state index contributed by atoms with van der Waals surface area (Å²) in [5.41, 5.74) is -0.378. The maximum absolute atomic E-state index is 13.8. The van der Waals surface area contributed by atoms with Gasteiger partial charge in [-0.2, -0.15) is 0 Å². The maximum atomic E-state index is 13.8. The number of aromatic carboxylic acids is 1. The Hall–Kier alpha value is -2.15. The predicted octanol–water partition coefficient (Wildman–Crippen LogP) is 2.81. The molecule has 2 aromatic rings. The second-order valence-electron chi connectivity index (χ2n) is 4.59. The van der Waals surface area contributed by atoms with Crippen LogP contribution >= 0.6 is 11.8 Å². The van der Waals surface area contributed by atoms with Crippen LogP contribution in [0.3, 0.4) is 0 Å². The number of aromatic nitrogens is 2. The van der Waals surface area contributed by atoms with Crippen LogP contribution in [0.25, 0.3) is 0 Å². The SMILES string of the molecule is CC(C)n1ccnc(Sc2cc(C(=O)O)ccc2F)c1=O. The minimum Gasteiger partial charge on any atom is -0.478 e. The van der Waals surface area contributed by atoms with Crippen LogP contribution in [-0.2, 0) is 0 Å². The van der Waals surface area contributed by atoms with E-state index in [1.165, 1.54) is 22.9 Å². The first-order chi connectivity index (χ1) is 9.90. The van der Waals surface area contributed by atoms with Gasteiger partial charge in [-0.3, -0.25) is 4.79 Å². The molecule has 0 radical (unpaired) electrons. The summed E-state index contributed by atoms with van der Waals surface area (Å²) in [7, 11) is 0. The second-order valence-corrected chi connectivity index (χ2v) is 5.62. The molecular formula is C14H13FN2O3S. The van der Waals surface area contributed by atoms with E-state index in [0.29, 0.717) is 0 Å². The van der Waals surface area contributed by atoms with E-state index in [0.717, 1.165) is 17.8 Å². The third-order valence-electron chi connectivity index (χ3n) is 2.78. The van der Waals surface area contributed by atoms with Gasteiger partial charge in [-0.05, 0) is 32.0 Å². The maximum Gasteiger partial charge on any atom is 0.335 e. The molecule has 0 aliphatic carbocycles. The lowest BCUT2D eigenvalue weighted by atomic mass is 10.2. The molecule has 0 aliphatic heterocycles. The van der Waals surface area contributed by atoms with Crippen LogP contribution in [0.1, 0.15) is 30.2 Å². The number of carboxylic acids is 1. The first kappa shape index (κ1) is 15.2. The van der Waals surface area contributed by atoms with Crippen LogP contribution < -0.4 is 5.56 Å². The molecule has 0 amide bonds. The first-order valence-electron chi connectivity index (χ1n) is 6.18. The quantitative estimate of drug-likeness (QED) is 0.940. The van der Waals surface area contributed by atoms with Crippen molar-refractivity contribution in [2.24, 2.45) is 0 Å². The molecule has 7 heteroatoms. The Labute approximate surface area is 124 Å². The van der Waals surface area contributed by atoms with Gasteiger partial charge in [0.1, 0.15) is 5.82 Å². The van der Waals surface area contributed by atoms with Gasteiger partial charge in [0, 0.05) is 18.4 Å². The highest BCUT2D eigenvalue weighted by molar-refractivity contribution is 7.99. The van der Waals surface area contributed by atoms with Gasteiger partial charge < -0.3 is 9.67 Å². The van der Waals surface area contributed by atoms with Gasteiger partial charge in [0.05, 0.1) is 10.5 Å². The van der Waals surface area contributed by atoms with Crippen molar-refractivity contribution < 1.29 is 14.3 Å². The van der Waals surface area contributed by atoms with E-state index >= 15 is 0 Å². The average Bonchev–Trinajstić information content (AvgIpc) is 2.42. The van der Waals surface area contributed by atoms with Gasteiger partial charge >= 0.3 is 5.97 Å². The topological polar surface area (TPSA) is 72.2 Å². The lowest BCUT2D eigenvalue weighted by Gasteiger charge is -2.10. The Morgan fingerprint density at radius 3 is 2.76 bits per heavy atom. The van der Waals surface area contributed by atoms with Crippen molar-refractivity contribution in [2.75, 3.05) is 0 Å². The van der Waals surface area contributed by atoms with E-state index in [4.69, 9.17) is 5.11 Å². The zero-order chi connectivity index (χ0) is 15.6. The van der Waals surface area contributed by atoms with Crippen molar-refractivity contribution >= 4 is 17.7 Å². The molecule has 1 N–H and O–H groups in total. The third kappa shape index (κ3) is 3.30. The number of carbonyl (C=O) groups is 1. The molecule has 1 aromatic heterocycles. The number of hydrogen-bond donors (Lipinski definition) is 1. The Morgan fingerprint density at radius 1 is 1.43 bits per heavy atom. The summed E-state index contributed by atoms with van der Waals surface area (Å²) in [5.74, 6) is -1.75. The predicted molar refractivity (Wildman–Crippen MR) is 76.4 cm³/mol. The van der Waals surface area contributed by atoms with Crippen LogP contribution in [0, 0.1) is 5.82 Å². The first-order valence-corrected chi connectivity index (χ1v) is 6.99. The van der Waals surface area contributed by atoms with E-state index in [1.807, 2.05) is 13.8 Å². The van der Waals surface area contributed by atoms with Crippen molar-refractivity contribution in [1.82, 2.24) is 9.55 Å². The van der Waals surface area contributed by atoms with E-state index in [1.54, 1.807) is 6.20 Å². The summed E-state index contributed by atoms with van der Waals surface area (Å²) in [6.45, 7) is 3.70. The normalized spacial score (nSPS) is 10.9. The van der Waals surface area contributed by atoms with Crippen molar-refractivity contribution in [1.29, 1.82) is 0 Å². The van der Waals surface area contributed by atoms with Crippen molar-refractivity contribution in [2.45, 2.75) is 29.8 Å². The standard InChI is InChI=1S/C14H13FN2O3S/c1-8(2)17-6-5-16-12(13(17)18)21-11-7-9(14(19)20)3-4-10(11)15/h3-8H,1-2H3,(H,19,20). The minimum absolute atomic E-state index is 0.0426. The van der Waals surface area contributed by atoms with Crippen molar-refractivity contribution in [3.05, 3.63) is 52.3 Å². The molecular weight excluding hydrogens is 295 g/mol. The molecule has 21 heavy (non-hydrogen) atoms. The van der Waals surface area contributed by atoms with E-state index in [2.05, 4.69) is 4.98 Å². The fourth-order valence-corrected chi connectivity index (χ4v) is 2.57. The van der Waals surface area contributed by atoms with Gasteiger partial charge in [-0.15, -0.1) is 0 Å². The number of rotatable bonds is 4. The fourth-order valence-electron chi connectivity index (χ4n) is 1.70. The summed E-state index contributed by atoms with van der Waals surface area (Å²) in [5, 5.41) is 9.03. The molecule has 0 atom stereocenters. The average molecular weight is 308 g/mol. The number of hydrogen-bond acceptors (Lipinski definition) is 4. The van der Waals surface area contributed by atoms with E-state index in [-0.39, 0.29) is 27.1 Å². The van der Waals surface area contributed by atoms with E-state index < -0.39 is 11.8 Å². The molecule has 1 aromatic carbocycles. The Kier molecular flexibility index (Phi) is 4.42. The number of nitrogens with zero attached hydrogens (tertiary/aromatic N) is 2. The lowest BCUT2D eigenvalue weighted by molar-refractivity contribution is 0.0696. The van der Waals surface area contributed by atoms with Crippen LogP contribution in [-0.4, -0.2) is 20.6 Å². The summed E-state index contributed by atoms with van der Waals surface area (Å²) in [4.78, 5) is 27.1. The van der Waals surface area contributed by atoms with Crippen molar-refractivity contribution in [3.8, 4) is 0 Å². The van der Waals surface area contributed by atoms with E-state index in [9.17, 15) is 14.0 Å². The molecule has 110 valence electrons. The number of carboxylic acid groups (broad SMARTS) is 1. The summed E-state index contributed by atoms with van der Waals surface area (Å²) >= 11 is 0.821. The summed E-state index contributed by atoms with van der Waals surface area (Å²) < 4.78 is 15.2. The lowest BCUT2D eigenvalue weighted by Crippen LogP contribution is -2.23. The monoisotopic (exact) mass is 308 g/mol. The van der Waals surface area contributed by atoms with Gasteiger partial charge in [-0.25, -0.2) is 14.2 Å². The van der Waals surface area contributed by atoms with Crippen LogP contribution in [0.5, 0.6) is 0 Å². The molecule has 0 saturated carbocycles. The zero-order valence-corrected chi connectivity index (χ0v) is 12.2. The van der Waals surface area contributed by atoms with Crippen LogP contribution in [0.15, 0.2) is 45.3 Å². The number of benzene rings is 1. The highest BCUT2D eigenvalue weighted by Crippen LogP contribution is 2.27. The fraction of sp³-hybridized carbons (Fsp3) is 0.214. The Bertz CT molecular complexity index is 743. The smallest absolute Gasteiger partial charge is 0.335 e. The molecule has 5 nitrogen and oxygen atoms in total. The molecule has 0 fully saturated rings. The highest BCUT2D eigenvalue weighted by Gasteiger charge is 2.14. The Balaban J connectivity index is 2.43. The summed E-state index contributed by atoms with van der Waals surface area (Å²) in [6, 6.07) is 3.38. The molecule has 1 heterocycles. The molecule has 0 saturated heterocycles. The minimum atomic E-state index is -1.16. The van der Waals surface area contributed by atoms with Crippen molar-refractivity contribution in [3.63, 3.8) is 0 Å². The molecule has 0 bridgehead atoms. The van der Waals surface area contributed by atoms with Gasteiger partial charge in [0.2, 0.25) is 0 Å². The summed E-state index contributed by atoms with van der Waals surface area (Å²) in [6.07, 6.45) is 3.02. The van der Waals surface area contributed by atoms with Crippen LogP contribution in [0.2, 0.25) is 0 Å². The van der Waals surface area contributed by atoms with Gasteiger partial charge in [0.15, 0.2) is 5.03 Å². The van der Waals surface area contributed by atoms with Gasteiger partial charge in [-0.1, -0.05) is 11.8 Å². The third-order valence-corrected chi connectivity index (χ3v) is 3.78. The molecule has 0 spiro atoms. The zero-order valence-electron chi connectivity index (χ0n) is 11.4. The van der Waals surface area contributed by atoms with Crippen LogP contribution in [0.4, 0.5) is 4.39 Å². The molecule has 0 aliphatic rings. The molecule has 2 rings (SSSR count). The Morgan fingerprint density at radius 2 is 2.14 bits per heavy atom. The molecule has 0 unspecified atom stereocenters. The number of halogens is 1. The highest BCUT2D eigenvalue weighted by atomic mass is 32.2. The second kappa shape index (κ2) is 6.09. The largest absolute Gasteiger partial charge is 0.478 e. The van der Waals surface area contributed by atoms with Gasteiger partial charge in [0.25, 0.3) is 5.56 Å².